The van der Waals surface area contributed by atoms with Crippen molar-refractivity contribution in [2.24, 2.45) is 17.4 Å². The first-order valence-corrected chi connectivity index (χ1v) is 11.9. The molecule has 3 aromatic rings. The van der Waals surface area contributed by atoms with Crippen molar-refractivity contribution >= 4 is 34.4 Å². The van der Waals surface area contributed by atoms with Crippen LogP contribution < -0.4 is 21.9 Å². The number of benzene rings is 2. The van der Waals surface area contributed by atoms with E-state index in [0.717, 1.165) is 6.07 Å². The molecule has 2 unspecified atom stereocenters. The van der Waals surface area contributed by atoms with Crippen molar-refractivity contribution < 1.29 is 37.0 Å². The third-order valence-corrected chi connectivity index (χ3v) is 6.31. The van der Waals surface area contributed by atoms with E-state index < -0.39 is 53.3 Å². The Morgan fingerprint density at radius 2 is 1.90 bits per heavy atom. The molecule has 1 aromatic heterocycles. The van der Waals surface area contributed by atoms with Crippen molar-refractivity contribution in [1.29, 1.82) is 0 Å². The van der Waals surface area contributed by atoms with Crippen LogP contribution in [-0.2, 0) is 25.2 Å². The second-order valence-electron chi connectivity index (χ2n) is 9.21. The summed E-state index contributed by atoms with van der Waals surface area (Å²) < 4.78 is 50.9. The van der Waals surface area contributed by atoms with E-state index in [4.69, 9.17) is 20.9 Å². The van der Waals surface area contributed by atoms with Crippen LogP contribution in [0.3, 0.4) is 0 Å². The summed E-state index contributed by atoms with van der Waals surface area (Å²) in [4.78, 5) is 52.6. The molecular formula is C26H25F3N4O6. The quantitative estimate of drug-likeness (QED) is 0.367. The molecular weight excluding hydrogens is 521 g/mol. The standard InChI is InChI=1S/C26H25F3N4O6/c1-13(30)18(10-22(31)34)24(36)38-12-16-11-33(25(37)39-16)15-7-6-14-8-21(32-23(35)19(14)9-15)17-4-2-3-5-20(17)26(27,28)29/h2-9,13,16,18H,10-12,30H2,1H3,(H2,31,34)(H,32,35)/t13?,16-,18?/m1/s1. The number of rotatable bonds is 8. The van der Waals surface area contributed by atoms with Gasteiger partial charge < -0.3 is 25.9 Å². The molecule has 2 aromatic carbocycles. The fraction of sp³-hybridized carbons (Fsp3) is 0.308. The van der Waals surface area contributed by atoms with Crippen molar-refractivity contribution in [3.8, 4) is 11.3 Å². The fourth-order valence-corrected chi connectivity index (χ4v) is 4.33. The first-order chi connectivity index (χ1) is 18.3. The van der Waals surface area contributed by atoms with Gasteiger partial charge in [-0.2, -0.15) is 13.2 Å². The van der Waals surface area contributed by atoms with Gasteiger partial charge >= 0.3 is 18.2 Å². The molecule has 0 aliphatic carbocycles. The molecule has 10 nitrogen and oxygen atoms in total. The SMILES string of the molecule is CC(N)C(CC(N)=O)C(=O)OC[C@H]1CN(c2ccc3cc(-c4ccccc4C(F)(F)F)[nH]c(=O)c3c2)C(=O)O1. The van der Waals surface area contributed by atoms with Crippen LogP contribution in [0.25, 0.3) is 22.0 Å². The number of halogens is 3. The number of anilines is 1. The highest BCUT2D eigenvalue weighted by molar-refractivity contribution is 5.95. The largest absolute Gasteiger partial charge is 0.461 e. The number of pyridine rings is 1. The van der Waals surface area contributed by atoms with E-state index in [1.54, 1.807) is 0 Å². The first-order valence-electron chi connectivity index (χ1n) is 11.9. The zero-order chi connectivity index (χ0) is 28.5. The van der Waals surface area contributed by atoms with E-state index in [0.29, 0.717) is 11.1 Å². The number of nitrogens with two attached hydrogens (primary N) is 2. The van der Waals surface area contributed by atoms with Crippen LogP contribution in [0.4, 0.5) is 23.7 Å². The number of nitrogens with one attached hydrogen (secondary N) is 1. The zero-order valence-corrected chi connectivity index (χ0v) is 20.7. The van der Waals surface area contributed by atoms with Gasteiger partial charge in [-0.25, -0.2) is 4.79 Å². The van der Waals surface area contributed by atoms with E-state index in [9.17, 15) is 32.3 Å². The lowest BCUT2D eigenvalue weighted by atomic mass is 9.98. The maximum absolute atomic E-state index is 13.5. The molecule has 0 spiro atoms. The highest BCUT2D eigenvalue weighted by Gasteiger charge is 2.35. The van der Waals surface area contributed by atoms with Gasteiger partial charge in [-0.05, 0) is 36.6 Å². The van der Waals surface area contributed by atoms with Crippen LogP contribution in [0, 0.1) is 5.92 Å². The second-order valence-corrected chi connectivity index (χ2v) is 9.21. The Kier molecular flexibility index (Phi) is 7.63. The maximum atomic E-state index is 13.5. The molecule has 4 rings (SSSR count). The monoisotopic (exact) mass is 546 g/mol. The summed E-state index contributed by atoms with van der Waals surface area (Å²) in [5.74, 6) is -2.41. The number of nitrogens with zero attached hydrogens (tertiary/aromatic N) is 1. The predicted molar refractivity (Wildman–Crippen MR) is 135 cm³/mol. The van der Waals surface area contributed by atoms with Gasteiger partial charge in [-0.3, -0.25) is 19.3 Å². The number of aromatic amines is 1. The van der Waals surface area contributed by atoms with Gasteiger partial charge in [-0.1, -0.05) is 24.3 Å². The van der Waals surface area contributed by atoms with Gasteiger partial charge in [0.05, 0.1) is 18.0 Å². The summed E-state index contributed by atoms with van der Waals surface area (Å²) in [5.41, 5.74) is 9.49. The van der Waals surface area contributed by atoms with E-state index in [2.05, 4.69) is 4.98 Å². The molecule has 1 aliphatic rings. The van der Waals surface area contributed by atoms with E-state index in [-0.39, 0.29) is 36.2 Å². The lowest BCUT2D eigenvalue weighted by Gasteiger charge is -2.19. The van der Waals surface area contributed by atoms with E-state index >= 15 is 0 Å². The Hall–Kier alpha value is -4.39. The molecule has 2 heterocycles. The van der Waals surface area contributed by atoms with Crippen molar-refractivity contribution in [3.05, 3.63) is 64.4 Å². The van der Waals surface area contributed by atoms with Crippen LogP contribution in [0.1, 0.15) is 18.9 Å². The molecule has 0 saturated carbocycles. The molecule has 3 atom stereocenters. The highest BCUT2D eigenvalue weighted by atomic mass is 19.4. The maximum Gasteiger partial charge on any atom is 0.417 e. The normalized spacial score (nSPS) is 17.1. The van der Waals surface area contributed by atoms with Gasteiger partial charge in [0.1, 0.15) is 6.61 Å². The summed E-state index contributed by atoms with van der Waals surface area (Å²) in [7, 11) is 0. The molecule has 0 radical (unpaired) electrons. The average molecular weight is 547 g/mol. The van der Waals surface area contributed by atoms with E-state index in [1.165, 1.54) is 54.3 Å². The summed E-state index contributed by atoms with van der Waals surface area (Å²) in [6.45, 7) is 1.23. The minimum atomic E-state index is -4.61. The van der Waals surface area contributed by atoms with Crippen molar-refractivity contribution in [3.63, 3.8) is 0 Å². The second kappa shape index (κ2) is 10.8. The van der Waals surface area contributed by atoms with Gasteiger partial charge in [0.2, 0.25) is 5.91 Å². The Morgan fingerprint density at radius 3 is 2.56 bits per heavy atom. The number of H-pyrrole nitrogens is 1. The number of carbonyl (C=O) groups excluding carboxylic acids is 3. The summed E-state index contributed by atoms with van der Waals surface area (Å²) in [6.07, 6.45) is -6.48. The number of aromatic nitrogens is 1. The van der Waals surface area contributed by atoms with Gasteiger partial charge in [0, 0.05) is 34.8 Å². The Labute approximate surface area is 219 Å². The highest BCUT2D eigenvalue weighted by Crippen LogP contribution is 2.36. The molecule has 1 fully saturated rings. The number of hydrogen-bond donors (Lipinski definition) is 3. The molecule has 39 heavy (non-hydrogen) atoms. The molecule has 1 saturated heterocycles. The summed E-state index contributed by atoms with van der Waals surface area (Å²) >= 11 is 0. The van der Waals surface area contributed by atoms with Crippen molar-refractivity contribution in [2.45, 2.75) is 31.7 Å². The number of cyclic esters (lactones) is 1. The van der Waals surface area contributed by atoms with Crippen molar-refractivity contribution in [1.82, 2.24) is 4.98 Å². The summed E-state index contributed by atoms with van der Waals surface area (Å²) in [5, 5.41) is 0.513. The number of esters is 1. The predicted octanol–water partition coefficient (Wildman–Crippen LogP) is 2.92. The zero-order valence-electron chi connectivity index (χ0n) is 20.7. The number of hydrogen-bond acceptors (Lipinski definition) is 7. The van der Waals surface area contributed by atoms with Crippen LogP contribution in [0.15, 0.2) is 53.3 Å². The summed E-state index contributed by atoms with van der Waals surface area (Å²) in [6, 6.07) is 10.1. The fourth-order valence-electron chi connectivity index (χ4n) is 4.33. The Bertz CT molecular complexity index is 1490. The number of carbonyl (C=O) groups is 3. The third kappa shape index (κ3) is 6.03. The molecule has 206 valence electrons. The number of ether oxygens (including phenoxy) is 2. The molecule has 1 aliphatic heterocycles. The van der Waals surface area contributed by atoms with Crippen LogP contribution in [0.2, 0.25) is 0 Å². The first kappa shape index (κ1) is 27.6. The topological polar surface area (TPSA) is 158 Å². The average Bonchev–Trinajstić information content (AvgIpc) is 3.25. The third-order valence-electron chi connectivity index (χ3n) is 6.31. The number of alkyl halides is 3. The number of primary amides is 1. The smallest absolute Gasteiger partial charge is 0.417 e. The number of amides is 2. The lowest BCUT2D eigenvalue weighted by Crippen LogP contribution is -2.38. The van der Waals surface area contributed by atoms with Gasteiger partial charge in [0.15, 0.2) is 6.10 Å². The van der Waals surface area contributed by atoms with Gasteiger partial charge in [0.25, 0.3) is 5.56 Å². The van der Waals surface area contributed by atoms with Crippen molar-refractivity contribution in [2.75, 3.05) is 18.1 Å². The number of fused-ring (bicyclic) bond motifs is 1. The van der Waals surface area contributed by atoms with Crippen LogP contribution in [0.5, 0.6) is 0 Å². The minimum absolute atomic E-state index is 0.00271. The Morgan fingerprint density at radius 1 is 1.18 bits per heavy atom. The lowest BCUT2D eigenvalue weighted by molar-refractivity contribution is -0.153. The molecule has 0 bridgehead atoms. The Balaban J connectivity index is 1.52. The van der Waals surface area contributed by atoms with Gasteiger partial charge in [-0.15, -0.1) is 0 Å². The minimum Gasteiger partial charge on any atom is -0.461 e. The molecule has 13 heteroatoms. The van der Waals surface area contributed by atoms with Crippen LogP contribution >= 0.6 is 0 Å². The molecule has 2 amide bonds. The molecule has 5 N–H and O–H groups in total. The van der Waals surface area contributed by atoms with E-state index in [1.807, 2.05) is 0 Å². The van der Waals surface area contributed by atoms with Crippen LogP contribution in [-0.4, -0.2) is 48.3 Å².